The Hall–Kier alpha value is -4.15. The first-order valence-electron chi connectivity index (χ1n) is 10.6. The van der Waals surface area contributed by atoms with Gasteiger partial charge in [0.15, 0.2) is 11.5 Å². The first-order valence-corrected chi connectivity index (χ1v) is 10.6. The average Bonchev–Trinajstić information content (AvgIpc) is 2.85. The molecule has 0 aliphatic rings. The topological polar surface area (TPSA) is 56.8 Å². The Labute approximate surface area is 208 Å². The predicted molar refractivity (Wildman–Crippen MR) is 124 cm³/mol. The lowest BCUT2D eigenvalue weighted by atomic mass is 10.1. The van der Waals surface area contributed by atoms with Crippen molar-refractivity contribution in [1.82, 2.24) is 0 Å². The van der Waals surface area contributed by atoms with Gasteiger partial charge in [-0.25, -0.2) is 0 Å². The number of hydrogen-bond acceptors (Lipinski definition) is 4. The van der Waals surface area contributed by atoms with E-state index in [1.54, 1.807) is 0 Å². The molecule has 5 nitrogen and oxygen atoms in total. The van der Waals surface area contributed by atoms with Crippen molar-refractivity contribution in [3.8, 4) is 17.2 Å². The molecule has 1 amide bonds. The molecule has 11 heteroatoms. The number of halogens is 6. The Morgan fingerprint density at radius 1 is 0.838 bits per heavy atom. The third kappa shape index (κ3) is 7.42. The maximum absolute atomic E-state index is 13.0. The normalized spacial score (nSPS) is 11.9. The van der Waals surface area contributed by atoms with Crippen molar-refractivity contribution in [2.45, 2.75) is 19.0 Å². The van der Waals surface area contributed by atoms with Crippen LogP contribution in [0.5, 0.6) is 17.2 Å². The van der Waals surface area contributed by atoms with E-state index in [0.29, 0.717) is 23.4 Å². The van der Waals surface area contributed by atoms with E-state index in [1.165, 1.54) is 32.4 Å². The second kappa shape index (κ2) is 11.3. The zero-order chi connectivity index (χ0) is 27.2. The van der Waals surface area contributed by atoms with Gasteiger partial charge in [0.05, 0.1) is 25.3 Å². The van der Waals surface area contributed by atoms with E-state index < -0.39 is 35.1 Å². The molecule has 0 saturated carbocycles. The zero-order valence-electron chi connectivity index (χ0n) is 19.5. The van der Waals surface area contributed by atoms with Gasteiger partial charge in [-0.2, -0.15) is 26.3 Å². The van der Waals surface area contributed by atoms with Crippen LogP contribution in [0.15, 0.2) is 66.7 Å². The van der Waals surface area contributed by atoms with Crippen molar-refractivity contribution >= 4 is 17.7 Å². The fourth-order valence-electron chi connectivity index (χ4n) is 3.25. The number of amides is 1. The summed E-state index contributed by atoms with van der Waals surface area (Å²) >= 11 is 0. The average molecular weight is 525 g/mol. The molecule has 0 bridgehead atoms. The molecule has 0 aliphatic heterocycles. The van der Waals surface area contributed by atoms with E-state index in [-0.39, 0.29) is 24.2 Å². The van der Waals surface area contributed by atoms with E-state index in [0.717, 1.165) is 11.6 Å². The molecule has 0 spiro atoms. The van der Waals surface area contributed by atoms with Crippen LogP contribution in [0.3, 0.4) is 0 Å². The molecule has 3 rings (SSSR count). The lowest BCUT2D eigenvalue weighted by Crippen LogP contribution is -2.14. The maximum atomic E-state index is 13.0. The van der Waals surface area contributed by atoms with E-state index in [4.69, 9.17) is 14.2 Å². The van der Waals surface area contributed by atoms with Gasteiger partial charge in [0.25, 0.3) is 0 Å². The summed E-state index contributed by atoms with van der Waals surface area (Å²) in [5.74, 6) is -0.0834. The number of carbonyl (C=O) groups is 1. The second-order valence-electron chi connectivity index (χ2n) is 7.65. The fraction of sp³-hybridized carbons (Fsp3) is 0.192. The lowest BCUT2D eigenvalue weighted by Gasteiger charge is -2.15. The van der Waals surface area contributed by atoms with Gasteiger partial charge in [-0.1, -0.05) is 30.3 Å². The molecule has 0 fully saturated rings. The van der Waals surface area contributed by atoms with Gasteiger partial charge in [-0.15, -0.1) is 0 Å². The standard InChI is InChI=1S/C26H21F6NO4/c1-35-21-10-17(11-22(36-2)24(21)37-15-16-6-4-3-5-7-16)8-9-23(34)33-20-13-18(25(27,28)29)12-19(14-20)26(30,31)32/h3-14H,15H2,1-2H3,(H,33,34)/b9-8+. The van der Waals surface area contributed by atoms with Crippen LogP contribution >= 0.6 is 0 Å². The van der Waals surface area contributed by atoms with E-state index >= 15 is 0 Å². The van der Waals surface area contributed by atoms with Crippen LogP contribution < -0.4 is 19.5 Å². The summed E-state index contributed by atoms with van der Waals surface area (Å²) in [5, 5.41) is 2.03. The number of alkyl halides is 6. The Kier molecular flexibility index (Phi) is 8.36. The fourth-order valence-corrected chi connectivity index (χ4v) is 3.25. The van der Waals surface area contributed by atoms with Gasteiger partial charge in [0, 0.05) is 11.8 Å². The van der Waals surface area contributed by atoms with Gasteiger partial charge in [0.2, 0.25) is 11.7 Å². The van der Waals surface area contributed by atoms with Crippen LogP contribution in [0.4, 0.5) is 32.0 Å². The first kappa shape index (κ1) is 27.4. The number of benzene rings is 3. The largest absolute Gasteiger partial charge is 0.493 e. The van der Waals surface area contributed by atoms with E-state index in [9.17, 15) is 31.1 Å². The van der Waals surface area contributed by atoms with Crippen LogP contribution in [0.2, 0.25) is 0 Å². The van der Waals surface area contributed by atoms with Crippen LogP contribution in [-0.2, 0) is 23.8 Å². The Morgan fingerprint density at radius 3 is 1.86 bits per heavy atom. The number of methoxy groups -OCH3 is 2. The van der Waals surface area contributed by atoms with Crippen molar-refractivity contribution in [3.05, 3.63) is 89.0 Å². The molecule has 0 unspecified atom stereocenters. The molecule has 3 aromatic carbocycles. The molecule has 0 saturated heterocycles. The molecule has 0 aliphatic carbocycles. The minimum atomic E-state index is -5.03. The summed E-state index contributed by atoms with van der Waals surface area (Å²) in [6, 6.07) is 13.2. The van der Waals surface area contributed by atoms with Gasteiger partial charge >= 0.3 is 12.4 Å². The minimum absolute atomic E-state index is 0.0224. The number of carbonyl (C=O) groups excluding carboxylic acids is 1. The summed E-state index contributed by atoms with van der Waals surface area (Å²) in [4.78, 5) is 12.3. The highest BCUT2D eigenvalue weighted by molar-refractivity contribution is 6.02. The highest BCUT2D eigenvalue weighted by atomic mass is 19.4. The molecule has 0 heterocycles. The molecular weight excluding hydrogens is 504 g/mol. The molecular formula is C26H21F6NO4. The first-order chi connectivity index (χ1) is 17.4. The molecule has 3 aromatic rings. The van der Waals surface area contributed by atoms with Crippen molar-refractivity contribution in [3.63, 3.8) is 0 Å². The Morgan fingerprint density at radius 2 is 1.38 bits per heavy atom. The van der Waals surface area contributed by atoms with Crippen molar-refractivity contribution in [2.75, 3.05) is 19.5 Å². The van der Waals surface area contributed by atoms with E-state index in [1.807, 2.05) is 35.6 Å². The predicted octanol–water partition coefficient (Wildman–Crippen LogP) is 6.97. The third-order valence-corrected chi connectivity index (χ3v) is 4.99. The summed E-state index contributed by atoms with van der Waals surface area (Å²) < 4.78 is 94.8. The number of anilines is 1. The highest BCUT2D eigenvalue weighted by Crippen LogP contribution is 2.40. The third-order valence-electron chi connectivity index (χ3n) is 4.99. The number of rotatable bonds is 8. The number of ether oxygens (including phenoxy) is 3. The zero-order valence-corrected chi connectivity index (χ0v) is 19.5. The summed E-state index contributed by atoms with van der Waals surface area (Å²) in [7, 11) is 2.80. The van der Waals surface area contributed by atoms with Gasteiger partial charge in [-0.3, -0.25) is 4.79 Å². The highest BCUT2D eigenvalue weighted by Gasteiger charge is 2.37. The smallest absolute Gasteiger partial charge is 0.416 e. The lowest BCUT2D eigenvalue weighted by molar-refractivity contribution is -0.143. The number of nitrogens with one attached hydrogen (secondary N) is 1. The molecule has 37 heavy (non-hydrogen) atoms. The molecule has 196 valence electrons. The summed E-state index contributed by atoms with van der Waals surface area (Å²) in [5.41, 5.74) is -2.44. The summed E-state index contributed by atoms with van der Waals surface area (Å²) in [6.07, 6.45) is -7.83. The molecule has 0 aromatic heterocycles. The quantitative estimate of drug-likeness (QED) is 0.255. The van der Waals surface area contributed by atoms with Crippen molar-refractivity contribution in [1.29, 1.82) is 0 Å². The van der Waals surface area contributed by atoms with Crippen LogP contribution in [-0.4, -0.2) is 20.1 Å². The number of hydrogen-bond donors (Lipinski definition) is 1. The van der Waals surface area contributed by atoms with Gasteiger partial charge < -0.3 is 19.5 Å². The molecule has 1 N–H and O–H groups in total. The summed E-state index contributed by atoms with van der Waals surface area (Å²) in [6.45, 7) is 0.224. The van der Waals surface area contributed by atoms with Gasteiger partial charge in [-0.05, 0) is 47.5 Å². The van der Waals surface area contributed by atoms with E-state index in [2.05, 4.69) is 0 Å². The van der Waals surface area contributed by atoms with Crippen LogP contribution in [0.25, 0.3) is 6.08 Å². The monoisotopic (exact) mass is 525 g/mol. The molecule has 0 atom stereocenters. The Balaban J connectivity index is 1.81. The minimum Gasteiger partial charge on any atom is -0.493 e. The van der Waals surface area contributed by atoms with Gasteiger partial charge in [0.1, 0.15) is 6.61 Å². The SMILES string of the molecule is COc1cc(/C=C/C(=O)Nc2cc(C(F)(F)F)cc(C(F)(F)F)c2)cc(OC)c1OCc1ccccc1. The van der Waals surface area contributed by atoms with Crippen LogP contribution in [0, 0.1) is 0 Å². The van der Waals surface area contributed by atoms with Crippen molar-refractivity contribution in [2.24, 2.45) is 0 Å². The Bertz CT molecular complexity index is 1210. The van der Waals surface area contributed by atoms with Crippen molar-refractivity contribution < 1.29 is 45.3 Å². The second-order valence-corrected chi connectivity index (χ2v) is 7.65. The van der Waals surface area contributed by atoms with Crippen LogP contribution in [0.1, 0.15) is 22.3 Å². The maximum Gasteiger partial charge on any atom is 0.416 e. The molecule has 0 radical (unpaired) electrons.